The van der Waals surface area contributed by atoms with Crippen LogP contribution >= 0.6 is 0 Å². The zero-order valence-corrected chi connectivity index (χ0v) is 18.1. The first-order valence-corrected chi connectivity index (χ1v) is 10.7. The van der Waals surface area contributed by atoms with E-state index >= 15 is 0 Å². The highest BCUT2D eigenvalue weighted by Gasteiger charge is 2.15. The van der Waals surface area contributed by atoms with Crippen molar-refractivity contribution in [3.8, 4) is 17.2 Å². The van der Waals surface area contributed by atoms with E-state index in [1.807, 2.05) is 18.2 Å². The van der Waals surface area contributed by atoms with E-state index < -0.39 is 0 Å². The van der Waals surface area contributed by atoms with Gasteiger partial charge in [-0.05, 0) is 30.3 Å². The van der Waals surface area contributed by atoms with Crippen LogP contribution in [-0.4, -0.2) is 76.5 Å². The van der Waals surface area contributed by atoms with Crippen molar-refractivity contribution in [2.24, 2.45) is 4.99 Å². The highest BCUT2D eigenvalue weighted by atomic mass is 16.6. The Morgan fingerprint density at radius 2 is 1.88 bits per heavy atom. The van der Waals surface area contributed by atoms with Gasteiger partial charge in [-0.3, -0.25) is 20.0 Å². The van der Waals surface area contributed by atoms with Crippen molar-refractivity contribution in [3.63, 3.8) is 0 Å². The number of hydrogen-bond donors (Lipinski definition) is 2. The smallest absolute Gasteiger partial charge is 0.258 e. The number of ether oxygens (including phenoxy) is 4. The number of morpholine rings is 1. The third-order valence-corrected chi connectivity index (χ3v) is 5.16. The van der Waals surface area contributed by atoms with E-state index in [0.717, 1.165) is 38.5 Å². The summed E-state index contributed by atoms with van der Waals surface area (Å²) in [5, 5.41) is 6.08. The van der Waals surface area contributed by atoms with E-state index in [2.05, 4.69) is 20.5 Å². The van der Waals surface area contributed by atoms with Crippen molar-refractivity contribution in [1.82, 2.24) is 10.2 Å². The molecule has 1 fully saturated rings. The molecule has 0 radical (unpaired) electrons. The molecule has 0 spiro atoms. The van der Waals surface area contributed by atoms with Crippen LogP contribution in [0.5, 0.6) is 17.2 Å². The Morgan fingerprint density at radius 1 is 1.06 bits per heavy atom. The van der Waals surface area contributed by atoms with Gasteiger partial charge in [-0.25, -0.2) is 0 Å². The van der Waals surface area contributed by atoms with Crippen LogP contribution in [0.1, 0.15) is 10.4 Å². The van der Waals surface area contributed by atoms with Crippen LogP contribution < -0.4 is 24.8 Å². The summed E-state index contributed by atoms with van der Waals surface area (Å²) < 4.78 is 21.9. The first kappa shape index (κ1) is 21.9. The molecule has 0 aromatic heterocycles. The Morgan fingerprint density at radius 3 is 2.69 bits per heavy atom. The number of hydrogen-bond acceptors (Lipinski definition) is 7. The van der Waals surface area contributed by atoms with Crippen LogP contribution in [-0.2, 0) is 4.74 Å². The van der Waals surface area contributed by atoms with Crippen LogP contribution in [0.3, 0.4) is 0 Å². The molecule has 2 aliphatic rings. The van der Waals surface area contributed by atoms with E-state index in [9.17, 15) is 4.79 Å². The number of amides is 1. The molecule has 0 saturated carbocycles. The minimum Gasteiger partial charge on any atom is -0.497 e. The number of nitrogens with one attached hydrogen (secondary N) is 2. The molecule has 2 N–H and O–H groups in total. The first-order valence-electron chi connectivity index (χ1n) is 10.7. The molecule has 1 saturated heterocycles. The van der Waals surface area contributed by atoms with Crippen molar-refractivity contribution in [3.05, 3.63) is 48.0 Å². The second kappa shape index (κ2) is 10.8. The van der Waals surface area contributed by atoms with Crippen molar-refractivity contribution in [2.45, 2.75) is 0 Å². The maximum absolute atomic E-state index is 12.9. The van der Waals surface area contributed by atoms with Gasteiger partial charge in [0.15, 0.2) is 11.5 Å². The number of methoxy groups -OCH3 is 1. The average molecular weight is 441 g/mol. The van der Waals surface area contributed by atoms with E-state index in [0.29, 0.717) is 48.5 Å². The fraction of sp³-hybridized carbons (Fsp3) is 0.391. The number of rotatable bonds is 6. The summed E-state index contributed by atoms with van der Waals surface area (Å²) >= 11 is 0. The largest absolute Gasteiger partial charge is 0.497 e. The van der Waals surface area contributed by atoms with Crippen molar-refractivity contribution in [2.75, 3.05) is 65.0 Å². The molecule has 170 valence electrons. The Labute approximate surface area is 187 Å². The summed E-state index contributed by atoms with van der Waals surface area (Å²) in [4.78, 5) is 19.8. The predicted octanol–water partition coefficient (Wildman–Crippen LogP) is 2.00. The SMILES string of the molecule is COc1cccc(C(=O)NC(=NCCN2CCOCC2)Nc2ccc3c(c2)OCCO3)c1. The molecule has 4 rings (SSSR count). The molecule has 2 heterocycles. The molecule has 2 aromatic carbocycles. The fourth-order valence-corrected chi connectivity index (χ4v) is 3.44. The summed E-state index contributed by atoms with van der Waals surface area (Å²) in [5.74, 6) is 2.06. The standard InChI is InChI=1S/C23H28N4O5/c1-29-19-4-2-3-17(15-19)22(28)26-23(24-7-8-27-9-11-30-12-10-27)25-18-5-6-20-21(16-18)32-14-13-31-20/h2-6,15-16H,7-14H2,1H3,(H2,24,25,26,28). The van der Waals surface area contributed by atoms with E-state index in [1.165, 1.54) is 0 Å². The minimum atomic E-state index is -0.279. The number of carbonyl (C=O) groups excluding carboxylic acids is 1. The second-order valence-corrected chi connectivity index (χ2v) is 7.35. The molecule has 9 nitrogen and oxygen atoms in total. The highest BCUT2D eigenvalue weighted by molar-refractivity contribution is 6.10. The molecule has 0 aliphatic carbocycles. The molecule has 9 heteroatoms. The Bertz CT molecular complexity index is 959. The fourth-order valence-electron chi connectivity index (χ4n) is 3.44. The number of fused-ring (bicyclic) bond motifs is 1. The number of aliphatic imine (C=N–C) groups is 1. The maximum Gasteiger partial charge on any atom is 0.258 e. The van der Waals surface area contributed by atoms with Gasteiger partial charge >= 0.3 is 0 Å². The molecule has 0 unspecified atom stereocenters. The van der Waals surface area contributed by atoms with Crippen LogP contribution in [0.15, 0.2) is 47.5 Å². The number of benzene rings is 2. The predicted molar refractivity (Wildman–Crippen MR) is 121 cm³/mol. The molecule has 0 atom stereocenters. The zero-order chi connectivity index (χ0) is 22.2. The summed E-state index contributed by atoms with van der Waals surface area (Å²) in [6.07, 6.45) is 0. The Kier molecular flexibility index (Phi) is 7.42. The quantitative estimate of drug-likeness (QED) is 0.524. The van der Waals surface area contributed by atoms with Crippen molar-refractivity contribution in [1.29, 1.82) is 0 Å². The summed E-state index contributed by atoms with van der Waals surface area (Å²) in [7, 11) is 1.57. The first-order chi connectivity index (χ1) is 15.7. The van der Waals surface area contributed by atoms with Crippen LogP contribution in [0.4, 0.5) is 5.69 Å². The van der Waals surface area contributed by atoms with Crippen LogP contribution in [0.2, 0.25) is 0 Å². The lowest BCUT2D eigenvalue weighted by Gasteiger charge is -2.25. The van der Waals surface area contributed by atoms with Gasteiger partial charge < -0.3 is 24.3 Å². The molecular formula is C23H28N4O5. The maximum atomic E-state index is 12.9. The minimum absolute atomic E-state index is 0.279. The number of nitrogens with zero attached hydrogens (tertiary/aromatic N) is 2. The monoisotopic (exact) mass is 440 g/mol. The van der Waals surface area contributed by atoms with Crippen molar-refractivity contribution < 1.29 is 23.7 Å². The van der Waals surface area contributed by atoms with Gasteiger partial charge in [-0.1, -0.05) is 6.07 Å². The third-order valence-electron chi connectivity index (χ3n) is 5.16. The summed E-state index contributed by atoms with van der Waals surface area (Å²) in [6.45, 7) is 5.59. The average Bonchev–Trinajstić information content (AvgIpc) is 2.84. The lowest BCUT2D eigenvalue weighted by Crippen LogP contribution is -2.39. The molecule has 2 aromatic rings. The van der Waals surface area contributed by atoms with Gasteiger partial charge in [0, 0.05) is 37.0 Å². The van der Waals surface area contributed by atoms with E-state index in [1.54, 1.807) is 31.4 Å². The molecule has 2 aliphatic heterocycles. The van der Waals surface area contributed by atoms with Crippen LogP contribution in [0.25, 0.3) is 0 Å². The Hall–Kier alpha value is -3.30. The van der Waals surface area contributed by atoms with Gasteiger partial charge in [0.2, 0.25) is 5.96 Å². The lowest BCUT2D eigenvalue weighted by atomic mass is 10.2. The summed E-state index contributed by atoms with van der Waals surface area (Å²) in [5.41, 5.74) is 1.22. The van der Waals surface area contributed by atoms with E-state index in [-0.39, 0.29) is 5.91 Å². The topological polar surface area (TPSA) is 93.7 Å². The molecule has 0 bridgehead atoms. The number of carbonyl (C=O) groups is 1. The van der Waals surface area contributed by atoms with Crippen molar-refractivity contribution >= 4 is 17.6 Å². The van der Waals surface area contributed by atoms with Gasteiger partial charge in [0.25, 0.3) is 5.91 Å². The number of anilines is 1. The Balaban J connectivity index is 1.47. The summed E-state index contributed by atoms with van der Waals surface area (Å²) in [6, 6.07) is 12.5. The molecular weight excluding hydrogens is 412 g/mol. The molecule has 32 heavy (non-hydrogen) atoms. The van der Waals surface area contributed by atoms with Gasteiger partial charge in [-0.2, -0.15) is 0 Å². The number of guanidine groups is 1. The zero-order valence-electron chi connectivity index (χ0n) is 18.1. The van der Waals surface area contributed by atoms with E-state index in [4.69, 9.17) is 18.9 Å². The normalized spacial score (nSPS) is 16.3. The highest BCUT2D eigenvalue weighted by Crippen LogP contribution is 2.32. The lowest BCUT2D eigenvalue weighted by molar-refractivity contribution is 0.0394. The van der Waals surface area contributed by atoms with Gasteiger partial charge in [-0.15, -0.1) is 0 Å². The second-order valence-electron chi connectivity index (χ2n) is 7.35. The molecule has 1 amide bonds. The third kappa shape index (κ3) is 5.89. The van der Waals surface area contributed by atoms with Gasteiger partial charge in [0.1, 0.15) is 19.0 Å². The van der Waals surface area contributed by atoms with Gasteiger partial charge in [0.05, 0.1) is 26.9 Å². The van der Waals surface area contributed by atoms with Crippen LogP contribution in [0, 0.1) is 0 Å².